The molecule has 2 aromatic carbocycles. The Hall–Kier alpha value is -2.91. The number of alkyl halides is 2. The highest BCUT2D eigenvalue weighted by atomic mass is 19.3. The SMILES string of the molecule is CN(N)C(=O)N(N)c1ccccc1COc1ccc(O)cc1C(F)F. The van der Waals surface area contributed by atoms with Gasteiger partial charge in [-0.25, -0.2) is 30.3 Å². The number of halogens is 2. The summed E-state index contributed by atoms with van der Waals surface area (Å²) in [5, 5.41) is 11.0. The maximum Gasteiger partial charge on any atom is 0.352 e. The van der Waals surface area contributed by atoms with Crippen molar-refractivity contribution in [2.24, 2.45) is 11.7 Å². The van der Waals surface area contributed by atoms with Gasteiger partial charge in [0.05, 0.1) is 11.3 Å². The van der Waals surface area contributed by atoms with E-state index in [4.69, 9.17) is 16.4 Å². The first kappa shape index (κ1) is 18.4. The summed E-state index contributed by atoms with van der Waals surface area (Å²) in [6, 6.07) is 9.34. The fraction of sp³-hybridized carbons (Fsp3) is 0.188. The van der Waals surface area contributed by atoms with E-state index in [1.807, 2.05) is 0 Å². The first-order chi connectivity index (χ1) is 11.8. The van der Waals surface area contributed by atoms with Crippen LogP contribution in [0.3, 0.4) is 0 Å². The van der Waals surface area contributed by atoms with Gasteiger partial charge in [0.2, 0.25) is 0 Å². The number of carbonyl (C=O) groups is 1. The van der Waals surface area contributed by atoms with Crippen molar-refractivity contribution in [2.45, 2.75) is 13.0 Å². The van der Waals surface area contributed by atoms with Crippen molar-refractivity contribution in [1.29, 1.82) is 0 Å². The van der Waals surface area contributed by atoms with Gasteiger partial charge in [-0.3, -0.25) is 5.01 Å². The molecule has 2 aromatic rings. The number of urea groups is 1. The molecule has 0 unspecified atom stereocenters. The molecular formula is C16H18F2N4O3. The van der Waals surface area contributed by atoms with Gasteiger partial charge in [0.15, 0.2) is 0 Å². The maximum absolute atomic E-state index is 13.1. The minimum Gasteiger partial charge on any atom is -0.508 e. The number of amides is 2. The van der Waals surface area contributed by atoms with Crippen LogP contribution in [0.1, 0.15) is 17.6 Å². The van der Waals surface area contributed by atoms with Gasteiger partial charge in [-0.1, -0.05) is 18.2 Å². The first-order valence-corrected chi connectivity index (χ1v) is 7.20. The molecule has 0 aliphatic heterocycles. The molecule has 0 saturated heterocycles. The predicted octanol–water partition coefficient (Wildman–Crippen LogP) is 2.51. The van der Waals surface area contributed by atoms with E-state index in [0.717, 1.165) is 16.1 Å². The van der Waals surface area contributed by atoms with Crippen LogP contribution in [-0.4, -0.2) is 23.2 Å². The summed E-state index contributed by atoms with van der Waals surface area (Å²) in [6.07, 6.45) is -2.81. The third-order valence-electron chi connectivity index (χ3n) is 3.37. The van der Waals surface area contributed by atoms with E-state index in [9.17, 15) is 18.7 Å². The molecule has 0 spiro atoms. The van der Waals surface area contributed by atoms with Crippen LogP contribution in [0, 0.1) is 0 Å². The van der Waals surface area contributed by atoms with Crippen molar-refractivity contribution in [1.82, 2.24) is 5.01 Å². The number of anilines is 1. The number of benzene rings is 2. The van der Waals surface area contributed by atoms with Gasteiger partial charge in [-0.2, -0.15) is 0 Å². The van der Waals surface area contributed by atoms with Crippen molar-refractivity contribution in [3.8, 4) is 11.5 Å². The summed E-state index contributed by atoms with van der Waals surface area (Å²) >= 11 is 0. The molecule has 0 aliphatic carbocycles. The average Bonchev–Trinajstić information content (AvgIpc) is 2.59. The molecule has 0 atom stereocenters. The first-order valence-electron chi connectivity index (χ1n) is 7.20. The van der Waals surface area contributed by atoms with Crippen LogP contribution in [-0.2, 0) is 6.61 Å². The fourth-order valence-corrected chi connectivity index (χ4v) is 2.13. The summed E-state index contributed by atoms with van der Waals surface area (Å²) in [4.78, 5) is 11.9. The number of nitrogens with two attached hydrogens (primary N) is 2. The second-order valence-electron chi connectivity index (χ2n) is 5.20. The highest BCUT2D eigenvalue weighted by molar-refractivity contribution is 5.91. The molecule has 5 N–H and O–H groups in total. The van der Waals surface area contributed by atoms with Crippen LogP contribution >= 0.6 is 0 Å². The standard InChI is InChI=1S/C16H18F2N4O3/c1-21(19)16(24)22(20)13-5-3-2-4-10(13)9-25-14-7-6-11(23)8-12(14)15(17)18/h2-8,15,23H,9,19-20H2,1H3. The lowest BCUT2D eigenvalue weighted by Gasteiger charge is -2.23. The lowest BCUT2D eigenvalue weighted by Crippen LogP contribution is -2.49. The van der Waals surface area contributed by atoms with Crippen LogP contribution < -0.4 is 21.4 Å². The van der Waals surface area contributed by atoms with E-state index in [1.54, 1.807) is 24.3 Å². The molecule has 25 heavy (non-hydrogen) atoms. The number of aromatic hydroxyl groups is 1. The number of hydrogen-bond donors (Lipinski definition) is 3. The Morgan fingerprint density at radius 3 is 2.56 bits per heavy atom. The molecule has 134 valence electrons. The second kappa shape index (κ2) is 7.77. The topological polar surface area (TPSA) is 105 Å². The van der Waals surface area contributed by atoms with E-state index < -0.39 is 18.0 Å². The molecule has 2 amide bonds. The smallest absolute Gasteiger partial charge is 0.352 e. The molecule has 0 heterocycles. The molecule has 0 radical (unpaired) electrons. The highest BCUT2D eigenvalue weighted by Crippen LogP contribution is 2.33. The van der Waals surface area contributed by atoms with E-state index in [2.05, 4.69) is 0 Å². The van der Waals surface area contributed by atoms with Gasteiger partial charge in [-0.05, 0) is 24.3 Å². The van der Waals surface area contributed by atoms with Crippen molar-refractivity contribution in [2.75, 3.05) is 12.1 Å². The summed E-state index contributed by atoms with van der Waals surface area (Å²) in [5.74, 6) is 10.8. The van der Waals surface area contributed by atoms with Gasteiger partial charge < -0.3 is 9.84 Å². The van der Waals surface area contributed by atoms with Gasteiger partial charge in [0, 0.05) is 12.6 Å². The number of nitrogens with zero attached hydrogens (tertiary/aromatic N) is 2. The zero-order chi connectivity index (χ0) is 18.6. The molecule has 0 bridgehead atoms. The Balaban J connectivity index is 2.24. The third-order valence-corrected chi connectivity index (χ3v) is 3.37. The molecule has 2 rings (SSSR count). The Bertz CT molecular complexity index is 756. The van der Waals surface area contributed by atoms with Crippen molar-refractivity contribution >= 4 is 11.7 Å². The quantitative estimate of drug-likeness (QED) is 0.436. The lowest BCUT2D eigenvalue weighted by molar-refractivity contribution is 0.144. The number of hydrogen-bond acceptors (Lipinski definition) is 5. The van der Waals surface area contributed by atoms with Crippen LogP contribution in [0.4, 0.5) is 19.3 Å². The van der Waals surface area contributed by atoms with Crippen LogP contribution in [0.5, 0.6) is 11.5 Å². The average molecular weight is 352 g/mol. The lowest BCUT2D eigenvalue weighted by atomic mass is 10.1. The predicted molar refractivity (Wildman–Crippen MR) is 87.9 cm³/mol. The van der Waals surface area contributed by atoms with Crippen molar-refractivity contribution in [3.63, 3.8) is 0 Å². The minimum atomic E-state index is -2.81. The number of hydrazine groups is 2. The second-order valence-corrected chi connectivity index (χ2v) is 5.20. The van der Waals surface area contributed by atoms with Crippen LogP contribution in [0.15, 0.2) is 42.5 Å². The fourth-order valence-electron chi connectivity index (χ4n) is 2.13. The highest BCUT2D eigenvalue weighted by Gasteiger charge is 2.19. The molecule has 0 saturated carbocycles. The van der Waals surface area contributed by atoms with Crippen molar-refractivity contribution in [3.05, 3.63) is 53.6 Å². The van der Waals surface area contributed by atoms with E-state index >= 15 is 0 Å². The molecule has 0 aromatic heterocycles. The van der Waals surface area contributed by atoms with Gasteiger partial charge in [0.25, 0.3) is 6.43 Å². The Morgan fingerprint density at radius 2 is 1.92 bits per heavy atom. The van der Waals surface area contributed by atoms with E-state index in [1.165, 1.54) is 19.2 Å². The molecule has 0 aliphatic rings. The van der Waals surface area contributed by atoms with Gasteiger partial charge >= 0.3 is 6.03 Å². The summed E-state index contributed by atoms with van der Waals surface area (Å²) in [6.45, 7) is -0.115. The number of ether oxygens (including phenoxy) is 1. The zero-order valence-corrected chi connectivity index (χ0v) is 13.4. The molecule has 9 heteroatoms. The van der Waals surface area contributed by atoms with Gasteiger partial charge in [-0.15, -0.1) is 0 Å². The number of phenols is 1. The number of para-hydroxylation sites is 1. The monoisotopic (exact) mass is 352 g/mol. The van der Waals surface area contributed by atoms with Crippen molar-refractivity contribution < 1.29 is 23.4 Å². The largest absolute Gasteiger partial charge is 0.508 e. The molecule has 7 nitrogen and oxygen atoms in total. The summed E-state index contributed by atoms with van der Waals surface area (Å²) in [5.41, 5.74) is 0.385. The van der Waals surface area contributed by atoms with Crippen LogP contribution in [0.25, 0.3) is 0 Å². The van der Waals surface area contributed by atoms with Crippen LogP contribution in [0.2, 0.25) is 0 Å². The van der Waals surface area contributed by atoms with E-state index in [-0.39, 0.29) is 18.1 Å². The number of phenolic OH excluding ortho intramolecular Hbond substituents is 1. The number of rotatable bonds is 5. The normalized spacial score (nSPS) is 10.6. The molecule has 0 fully saturated rings. The Labute approximate surface area is 142 Å². The Morgan fingerprint density at radius 1 is 1.24 bits per heavy atom. The summed E-state index contributed by atoms with van der Waals surface area (Å²) < 4.78 is 31.5. The number of carbonyl (C=O) groups excluding carboxylic acids is 1. The summed E-state index contributed by atoms with van der Waals surface area (Å²) in [7, 11) is 1.34. The minimum absolute atomic E-state index is 0.0755. The van der Waals surface area contributed by atoms with Gasteiger partial charge in [0.1, 0.15) is 18.1 Å². The van der Waals surface area contributed by atoms with E-state index in [0.29, 0.717) is 11.3 Å². The Kier molecular flexibility index (Phi) is 5.73. The maximum atomic E-state index is 13.1. The zero-order valence-electron chi connectivity index (χ0n) is 13.4. The third kappa shape index (κ3) is 4.34. The molecular weight excluding hydrogens is 334 g/mol.